The maximum absolute atomic E-state index is 14.3. The summed E-state index contributed by atoms with van der Waals surface area (Å²) < 4.78 is 38.2. The number of hydrogen-bond donors (Lipinski definition) is 0. The molecule has 1 unspecified atom stereocenters. The van der Waals surface area contributed by atoms with Crippen molar-refractivity contribution in [1.29, 1.82) is 5.26 Å². The number of rotatable bonds is 5. The molecule has 1 rings (SSSR count). The van der Waals surface area contributed by atoms with E-state index < -0.39 is 26.8 Å². The predicted molar refractivity (Wildman–Crippen MR) is 68.0 cm³/mol. The van der Waals surface area contributed by atoms with Gasteiger partial charge in [-0.05, 0) is 13.8 Å². The van der Waals surface area contributed by atoms with Crippen LogP contribution in [0.25, 0.3) is 0 Å². The largest absolute Gasteiger partial charge is 0.372 e. The second kappa shape index (κ2) is 7.35. The Bertz CT molecular complexity index is 316. The zero-order valence-electron chi connectivity index (χ0n) is 12.0. The van der Waals surface area contributed by atoms with E-state index in [0.29, 0.717) is 0 Å². The summed E-state index contributed by atoms with van der Waals surface area (Å²) in [5.74, 6) is -0.268. The van der Waals surface area contributed by atoms with E-state index >= 15 is 0 Å². The lowest BCUT2D eigenvalue weighted by Gasteiger charge is -2.40. The quantitative estimate of drug-likeness (QED) is 0.573. The molecule has 0 aromatic carbocycles. The summed E-state index contributed by atoms with van der Waals surface area (Å²) in [6.45, 7) is 5.56. The highest BCUT2D eigenvalue weighted by Crippen LogP contribution is 2.41. The third kappa shape index (κ3) is 4.13. The molecule has 0 spiro atoms. The SMILES string of the molecule is [2H]C[C@H]1O[C@@H](C)[C@@H](C)[C@H](F)[C@@H]1OP(C)OCCC#N. The topological polar surface area (TPSA) is 51.5 Å². The molecule has 0 aromatic rings. The van der Waals surface area contributed by atoms with Gasteiger partial charge in [-0.25, -0.2) is 4.39 Å². The summed E-state index contributed by atoms with van der Waals surface area (Å²) in [7, 11) is -1.26. The molecule has 104 valence electrons. The van der Waals surface area contributed by atoms with Gasteiger partial charge >= 0.3 is 0 Å². The number of halogens is 1. The summed E-state index contributed by atoms with van der Waals surface area (Å²) in [4.78, 5) is 0. The fraction of sp³-hybridized carbons (Fsp3) is 0.917. The monoisotopic (exact) mass is 278 g/mol. The van der Waals surface area contributed by atoms with Crippen LogP contribution >= 0.6 is 8.38 Å². The zero-order chi connectivity index (χ0) is 14.4. The van der Waals surface area contributed by atoms with Gasteiger partial charge in [0.1, 0.15) is 12.3 Å². The molecular weight excluding hydrogens is 256 g/mol. The van der Waals surface area contributed by atoms with E-state index in [0.717, 1.165) is 0 Å². The lowest BCUT2D eigenvalue weighted by molar-refractivity contribution is -0.155. The van der Waals surface area contributed by atoms with Gasteiger partial charge in [-0.1, -0.05) is 6.92 Å². The highest BCUT2D eigenvalue weighted by Gasteiger charge is 2.42. The van der Waals surface area contributed by atoms with Crippen LogP contribution in [0, 0.1) is 17.2 Å². The molecule has 0 amide bonds. The minimum atomic E-state index is -1.26. The Hall–Kier alpha value is -0.270. The maximum atomic E-state index is 14.3. The van der Waals surface area contributed by atoms with E-state index in [1.807, 2.05) is 13.0 Å². The van der Waals surface area contributed by atoms with Crippen LogP contribution in [0.5, 0.6) is 0 Å². The van der Waals surface area contributed by atoms with Crippen LogP contribution in [0.15, 0.2) is 0 Å². The van der Waals surface area contributed by atoms with Gasteiger partial charge in [0.05, 0.1) is 31.3 Å². The Labute approximate surface area is 111 Å². The molecule has 1 aliphatic rings. The number of nitriles is 1. The van der Waals surface area contributed by atoms with E-state index in [1.54, 1.807) is 13.6 Å². The number of hydrogen-bond acceptors (Lipinski definition) is 4. The van der Waals surface area contributed by atoms with Crippen LogP contribution in [0.1, 0.15) is 28.5 Å². The second-order valence-electron chi connectivity index (χ2n) is 4.43. The van der Waals surface area contributed by atoms with Crippen molar-refractivity contribution in [3.8, 4) is 6.07 Å². The van der Waals surface area contributed by atoms with Gasteiger partial charge in [-0.2, -0.15) is 5.26 Å². The van der Waals surface area contributed by atoms with Crippen LogP contribution in [-0.2, 0) is 13.8 Å². The van der Waals surface area contributed by atoms with E-state index in [4.69, 9.17) is 20.4 Å². The van der Waals surface area contributed by atoms with Crippen LogP contribution in [0.4, 0.5) is 4.39 Å². The molecule has 0 aliphatic carbocycles. The average Bonchev–Trinajstić information content (AvgIpc) is 2.39. The Balaban J connectivity index is 2.55. The minimum absolute atomic E-state index is 0.0382. The van der Waals surface area contributed by atoms with Crippen molar-refractivity contribution in [1.82, 2.24) is 0 Å². The third-order valence-corrected chi connectivity index (χ3v) is 4.16. The molecule has 1 heterocycles. The number of nitrogens with zero attached hydrogens (tertiary/aromatic N) is 1. The summed E-state index contributed by atoms with van der Waals surface area (Å²) in [6.07, 6.45) is -2.42. The van der Waals surface area contributed by atoms with Crippen molar-refractivity contribution >= 4 is 8.38 Å². The Morgan fingerprint density at radius 2 is 2.22 bits per heavy atom. The van der Waals surface area contributed by atoms with E-state index in [2.05, 4.69) is 0 Å². The molecule has 0 aromatic heterocycles. The molecule has 0 N–H and O–H groups in total. The third-order valence-electron chi connectivity index (χ3n) is 3.07. The van der Waals surface area contributed by atoms with Crippen LogP contribution in [0.3, 0.4) is 0 Å². The van der Waals surface area contributed by atoms with Gasteiger partial charge in [0.2, 0.25) is 0 Å². The van der Waals surface area contributed by atoms with Gasteiger partial charge in [-0.15, -0.1) is 0 Å². The van der Waals surface area contributed by atoms with Crippen molar-refractivity contribution in [2.45, 2.75) is 51.7 Å². The van der Waals surface area contributed by atoms with Crippen LogP contribution in [-0.4, -0.2) is 37.8 Å². The normalized spacial score (nSPS) is 38.8. The van der Waals surface area contributed by atoms with E-state index in [-0.39, 0.29) is 31.9 Å². The number of ether oxygens (including phenoxy) is 1. The van der Waals surface area contributed by atoms with Crippen molar-refractivity contribution in [3.05, 3.63) is 0 Å². The summed E-state index contributed by atoms with van der Waals surface area (Å²) in [6, 6.07) is 1.97. The Kier molecular flexibility index (Phi) is 5.78. The molecular formula is C12H21FNO3P. The molecule has 1 aliphatic heterocycles. The minimum Gasteiger partial charge on any atom is -0.372 e. The lowest BCUT2D eigenvalue weighted by atomic mass is 9.90. The van der Waals surface area contributed by atoms with Gasteiger partial charge < -0.3 is 13.8 Å². The first-order valence-corrected chi connectivity index (χ1v) is 7.62. The maximum Gasteiger partial charge on any atom is 0.167 e. The average molecular weight is 278 g/mol. The fourth-order valence-corrected chi connectivity index (χ4v) is 2.79. The molecule has 1 saturated heterocycles. The van der Waals surface area contributed by atoms with E-state index in [9.17, 15) is 4.39 Å². The van der Waals surface area contributed by atoms with Gasteiger partial charge in [0.15, 0.2) is 8.38 Å². The number of alkyl halides is 1. The first kappa shape index (κ1) is 14.1. The van der Waals surface area contributed by atoms with Crippen molar-refractivity contribution in [2.75, 3.05) is 13.3 Å². The molecule has 18 heavy (non-hydrogen) atoms. The standard InChI is InChI=1S/C12H21FNO3P/c1-8-9(2)16-10(3)12(11(8)13)17-18(4)15-7-5-6-14/h8-12H,5,7H2,1-4H3/t8-,9+,10-,11+,12-,18?/m1/s1/i3D. The van der Waals surface area contributed by atoms with Crippen molar-refractivity contribution in [2.24, 2.45) is 5.92 Å². The zero-order valence-corrected chi connectivity index (χ0v) is 11.9. The summed E-state index contributed by atoms with van der Waals surface area (Å²) in [5, 5.41) is 8.42. The molecule has 0 bridgehead atoms. The highest BCUT2D eigenvalue weighted by atomic mass is 31.2. The molecule has 1 fully saturated rings. The predicted octanol–water partition coefficient (Wildman–Crippen LogP) is 3.02. The fourth-order valence-electron chi connectivity index (χ4n) is 1.79. The smallest absolute Gasteiger partial charge is 0.167 e. The van der Waals surface area contributed by atoms with Crippen LogP contribution in [0.2, 0.25) is 0 Å². The lowest BCUT2D eigenvalue weighted by Crippen LogP contribution is -2.50. The molecule has 0 radical (unpaired) electrons. The molecule has 6 heteroatoms. The summed E-state index contributed by atoms with van der Waals surface area (Å²) in [5.41, 5.74) is 0. The van der Waals surface area contributed by atoms with Crippen LogP contribution < -0.4 is 0 Å². The molecule has 6 atom stereocenters. The molecule has 0 saturated carbocycles. The summed E-state index contributed by atoms with van der Waals surface area (Å²) >= 11 is 0. The van der Waals surface area contributed by atoms with Gasteiger partial charge in [-0.3, -0.25) is 0 Å². The highest BCUT2D eigenvalue weighted by molar-refractivity contribution is 7.46. The van der Waals surface area contributed by atoms with E-state index in [1.165, 1.54) is 0 Å². The van der Waals surface area contributed by atoms with Gasteiger partial charge in [0.25, 0.3) is 0 Å². The first-order valence-electron chi connectivity index (χ1n) is 6.71. The van der Waals surface area contributed by atoms with Crippen molar-refractivity contribution < 1.29 is 19.5 Å². The Morgan fingerprint density at radius 1 is 1.50 bits per heavy atom. The second-order valence-corrected chi connectivity index (χ2v) is 5.78. The first-order chi connectivity index (χ1) is 9.01. The van der Waals surface area contributed by atoms with Gasteiger partial charge in [0, 0.05) is 14.0 Å². The molecule has 4 nitrogen and oxygen atoms in total. The van der Waals surface area contributed by atoms with Crippen molar-refractivity contribution in [3.63, 3.8) is 0 Å². The Morgan fingerprint density at radius 3 is 2.83 bits per heavy atom.